The minimum atomic E-state index is -3.73. The number of rotatable bonds is 3. The molecule has 0 spiro atoms. The number of anilines is 1. The number of aryl methyl sites for hydroxylation is 2. The minimum Gasteiger partial charge on any atom is -0.278 e. The Kier molecular flexibility index (Phi) is 4.21. The highest BCUT2D eigenvalue weighted by Crippen LogP contribution is 2.26. The molecule has 2 aromatic rings. The molecule has 0 saturated carbocycles. The van der Waals surface area contributed by atoms with Gasteiger partial charge in [-0.05, 0) is 49.2 Å². The second kappa shape index (κ2) is 5.76. The second-order valence-corrected chi connectivity index (χ2v) is 6.74. The first-order valence-corrected chi connectivity index (χ1v) is 7.99. The van der Waals surface area contributed by atoms with E-state index >= 15 is 0 Å². The van der Waals surface area contributed by atoms with Crippen molar-refractivity contribution in [3.8, 4) is 6.07 Å². The number of nitriles is 1. The molecule has 0 saturated heterocycles. The van der Waals surface area contributed by atoms with E-state index in [1.54, 1.807) is 19.1 Å². The van der Waals surface area contributed by atoms with Crippen LogP contribution in [-0.4, -0.2) is 8.42 Å². The average Bonchev–Trinajstić information content (AvgIpc) is 2.43. The molecule has 6 heteroatoms. The van der Waals surface area contributed by atoms with Crippen LogP contribution in [0.15, 0.2) is 41.3 Å². The molecule has 0 amide bonds. The van der Waals surface area contributed by atoms with Crippen molar-refractivity contribution < 1.29 is 8.42 Å². The fraction of sp³-hybridized carbons (Fsp3) is 0.133. The van der Waals surface area contributed by atoms with E-state index in [0.29, 0.717) is 11.1 Å². The number of benzene rings is 2. The van der Waals surface area contributed by atoms with Crippen molar-refractivity contribution in [2.24, 2.45) is 0 Å². The number of nitrogens with zero attached hydrogens (tertiary/aromatic N) is 1. The molecule has 0 aliphatic rings. The standard InChI is InChI=1S/C15H13ClN2O2S/c1-10-3-4-11(2)15(7-10)21(19,20)18-14-6-5-12(9-17)8-13(14)16/h3-8,18H,1-2H3. The topological polar surface area (TPSA) is 70.0 Å². The van der Waals surface area contributed by atoms with Crippen LogP contribution in [0.5, 0.6) is 0 Å². The van der Waals surface area contributed by atoms with Gasteiger partial charge in [-0.3, -0.25) is 4.72 Å². The van der Waals surface area contributed by atoms with Gasteiger partial charge in [-0.2, -0.15) is 5.26 Å². The van der Waals surface area contributed by atoms with E-state index in [1.807, 2.05) is 19.1 Å². The SMILES string of the molecule is Cc1ccc(C)c(S(=O)(=O)Nc2ccc(C#N)cc2Cl)c1. The van der Waals surface area contributed by atoms with Gasteiger partial charge in [0.15, 0.2) is 0 Å². The fourth-order valence-corrected chi connectivity index (χ4v) is 3.56. The summed E-state index contributed by atoms with van der Waals surface area (Å²) in [6.45, 7) is 3.56. The monoisotopic (exact) mass is 320 g/mol. The largest absolute Gasteiger partial charge is 0.278 e. The molecule has 0 aliphatic carbocycles. The fourth-order valence-electron chi connectivity index (χ4n) is 1.86. The molecule has 0 aromatic heterocycles. The molecule has 0 atom stereocenters. The molecule has 0 radical (unpaired) electrons. The summed E-state index contributed by atoms with van der Waals surface area (Å²) >= 11 is 5.99. The molecule has 0 aliphatic heterocycles. The van der Waals surface area contributed by atoms with E-state index < -0.39 is 10.0 Å². The maximum absolute atomic E-state index is 12.4. The Bertz CT molecular complexity index is 839. The molecule has 21 heavy (non-hydrogen) atoms. The summed E-state index contributed by atoms with van der Waals surface area (Å²) in [6.07, 6.45) is 0. The molecule has 2 aromatic carbocycles. The van der Waals surface area contributed by atoms with Crippen LogP contribution in [-0.2, 0) is 10.0 Å². The zero-order valence-corrected chi connectivity index (χ0v) is 13.1. The van der Waals surface area contributed by atoms with Crippen molar-refractivity contribution in [3.63, 3.8) is 0 Å². The van der Waals surface area contributed by atoms with Gasteiger partial charge in [0.2, 0.25) is 0 Å². The first-order chi connectivity index (χ1) is 9.83. The number of sulfonamides is 1. The van der Waals surface area contributed by atoms with Crippen LogP contribution < -0.4 is 4.72 Å². The quantitative estimate of drug-likeness (QED) is 0.938. The normalized spacial score (nSPS) is 11.0. The molecular weight excluding hydrogens is 308 g/mol. The van der Waals surface area contributed by atoms with Crippen molar-refractivity contribution >= 4 is 27.3 Å². The number of halogens is 1. The molecule has 0 bridgehead atoms. The summed E-state index contributed by atoms with van der Waals surface area (Å²) in [5, 5.41) is 8.97. The van der Waals surface area contributed by atoms with Crippen LogP contribution in [0.25, 0.3) is 0 Å². The summed E-state index contributed by atoms with van der Waals surface area (Å²) in [7, 11) is -3.73. The lowest BCUT2D eigenvalue weighted by Crippen LogP contribution is -2.14. The Morgan fingerprint density at radius 1 is 1.14 bits per heavy atom. The molecule has 1 N–H and O–H groups in total. The summed E-state index contributed by atoms with van der Waals surface area (Å²) in [4.78, 5) is 0.211. The number of hydrogen-bond acceptors (Lipinski definition) is 3. The molecular formula is C15H13ClN2O2S. The van der Waals surface area contributed by atoms with Crippen LogP contribution in [0.4, 0.5) is 5.69 Å². The predicted molar refractivity (Wildman–Crippen MR) is 82.9 cm³/mol. The Morgan fingerprint density at radius 2 is 1.86 bits per heavy atom. The van der Waals surface area contributed by atoms with Crippen molar-refractivity contribution in [1.29, 1.82) is 5.26 Å². The third kappa shape index (κ3) is 3.35. The Hall–Kier alpha value is -2.03. The summed E-state index contributed by atoms with van der Waals surface area (Å²) in [6, 6.07) is 11.6. The van der Waals surface area contributed by atoms with E-state index in [9.17, 15) is 8.42 Å². The van der Waals surface area contributed by atoms with E-state index in [-0.39, 0.29) is 15.6 Å². The van der Waals surface area contributed by atoms with Crippen LogP contribution in [0.3, 0.4) is 0 Å². The lowest BCUT2D eigenvalue weighted by atomic mass is 10.2. The Labute approximate surface area is 129 Å². The van der Waals surface area contributed by atoms with Gasteiger partial charge in [-0.15, -0.1) is 0 Å². The third-order valence-corrected chi connectivity index (χ3v) is 4.80. The van der Waals surface area contributed by atoms with Gasteiger partial charge >= 0.3 is 0 Å². The molecule has 0 fully saturated rings. The lowest BCUT2D eigenvalue weighted by molar-refractivity contribution is 0.600. The summed E-state index contributed by atoms with van der Waals surface area (Å²) in [5.41, 5.74) is 2.12. The average molecular weight is 321 g/mol. The van der Waals surface area contributed by atoms with Gasteiger partial charge in [0.25, 0.3) is 10.0 Å². The summed E-state index contributed by atoms with van der Waals surface area (Å²) < 4.78 is 27.3. The Balaban J connectivity index is 2.43. The lowest BCUT2D eigenvalue weighted by Gasteiger charge is -2.12. The van der Waals surface area contributed by atoms with Gasteiger partial charge in [-0.25, -0.2) is 8.42 Å². The van der Waals surface area contributed by atoms with E-state index in [0.717, 1.165) is 5.56 Å². The molecule has 2 rings (SSSR count). The zero-order valence-electron chi connectivity index (χ0n) is 11.5. The van der Waals surface area contributed by atoms with Crippen LogP contribution in [0, 0.1) is 25.2 Å². The highest BCUT2D eigenvalue weighted by Gasteiger charge is 2.18. The molecule has 4 nitrogen and oxygen atoms in total. The maximum Gasteiger partial charge on any atom is 0.262 e. The van der Waals surface area contributed by atoms with E-state index in [1.165, 1.54) is 18.2 Å². The zero-order chi connectivity index (χ0) is 15.6. The number of nitrogens with one attached hydrogen (secondary N) is 1. The minimum absolute atomic E-state index is 0.183. The van der Waals surface area contributed by atoms with Crippen molar-refractivity contribution in [1.82, 2.24) is 0 Å². The van der Waals surface area contributed by atoms with Crippen LogP contribution in [0.1, 0.15) is 16.7 Å². The molecule has 0 heterocycles. The van der Waals surface area contributed by atoms with Crippen LogP contribution >= 0.6 is 11.6 Å². The first kappa shape index (κ1) is 15.4. The second-order valence-electron chi connectivity index (χ2n) is 4.68. The highest BCUT2D eigenvalue weighted by molar-refractivity contribution is 7.92. The van der Waals surface area contributed by atoms with Crippen molar-refractivity contribution in [3.05, 3.63) is 58.1 Å². The van der Waals surface area contributed by atoms with Gasteiger partial charge in [0.1, 0.15) is 0 Å². The van der Waals surface area contributed by atoms with Crippen molar-refractivity contribution in [2.45, 2.75) is 18.7 Å². The summed E-state index contributed by atoms with van der Waals surface area (Å²) in [5.74, 6) is 0. The third-order valence-electron chi connectivity index (χ3n) is 2.98. The predicted octanol–water partition coefficient (Wildman–Crippen LogP) is 3.63. The van der Waals surface area contributed by atoms with Crippen LogP contribution in [0.2, 0.25) is 5.02 Å². The Morgan fingerprint density at radius 3 is 2.48 bits per heavy atom. The maximum atomic E-state index is 12.4. The first-order valence-electron chi connectivity index (χ1n) is 6.13. The van der Waals surface area contributed by atoms with Gasteiger partial charge in [0, 0.05) is 0 Å². The number of hydrogen-bond donors (Lipinski definition) is 1. The molecule has 108 valence electrons. The van der Waals surface area contributed by atoms with E-state index in [2.05, 4.69) is 4.72 Å². The van der Waals surface area contributed by atoms with Crippen molar-refractivity contribution in [2.75, 3.05) is 4.72 Å². The smallest absolute Gasteiger partial charge is 0.262 e. The van der Waals surface area contributed by atoms with E-state index in [4.69, 9.17) is 16.9 Å². The molecule has 0 unspecified atom stereocenters. The van der Waals surface area contributed by atoms with Gasteiger partial charge in [-0.1, -0.05) is 23.7 Å². The van der Waals surface area contributed by atoms with Gasteiger partial charge < -0.3 is 0 Å². The highest BCUT2D eigenvalue weighted by atomic mass is 35.5. The van der Waals surface area contributed by atoms with Gasteiger partial charge in [0.05, 0.1) is 27.2 Å².